The van der Waals surface area contributed by atoms with Crippen molar-refractivity contribution in [1.82, 2.24) is 15.0 Å². The third kappa shape index (κ3) is 3.98. The molecule has 1 fully saturated rings. The summed E-state index contributed by atoms with van der Waals surface area (Å²) in [4.78, 5) is 29.5. The van der Waals surface area contributed by atoms with Crippen LogP contribution in [0, 0.1) is 26.7 Å². The molecule has 167 valence electrons. The van der Waals surface area contributed by atoms with Gasteiger partial charge in [-0.15, -0.1) is 22.7 Å². The lowest BCUT2D eigenvalue weighted by Crippen LogP contribution is -2.20. The second-order valence-electron chi connectivity index (χ2n) is 8.42. The van der Waals surface area contributed by atoms with Gasteiger partial charge in [0.25, 0.3) is 0 Å². The number of nitrogens with zero attached hydrogens (tertiary/aromatic N) is 3. The maximum Gasteiger partial charge on any atom is 0.208 e. The van der Waals surface area contributed by atoms with Crippen LogP contribution in [-0.4, -0.2) is 44.6 Å². The number of hydrogen-bond acceptors (Lipinski definition) is 9. The first kappa shape index (κ1) is 21.6. The van der Waals surface area contributed by atoms with E-state index in [0.29, 0.717) is 29.3 Å². The van der Waals surface area contributed by atoms with E-state index in [9.17, 15) is 9.90 Å². The molecule has 1 saturated carbocycles. The molecule has 0 aromatic carbocycles. The number of fused-ring (bicyclic) bond motifs is 1. The number of ether oxygens (including phenoxy) is 1. The number of ketones is 1. The van der Waals surface area contributed by atoms with Crippen LogP contribution in [0.3, 0.4) is 0 Å². The van der Waals surface area contributed by atoms with Gasteiger partial charge >= 0.3 is 0 Å². The standard InChI is InChI=1S/C23H25N4O3S2/c1-11-6-14(7-17(11)28)27-23-16(9-24-10-25-23)21(29)19-8-15(12(2)31-19)22-20-18(4-5-30-22)32-13(3)26-20/h8-11,14,17,22,28H,1,4-7H2,2-3H3,(H,24,25,27)/t11-,14-,17+,22-/m1/s1. The van der Waals surface area contributed by atoms with Crippen LogP contribution in [0.1, 0.15) is 60.2 Å². The van der Waals surface area contributed by atoms with Crippen molar-refractivity contribution in [1.29, 1.82) is 0 Å². The molecule has 1 aliphatic heterocycles. The Balaban J connectivity index is 1.42. The number of rotatable bonds is 5. The monoisotopic (exact) mass is 469 g/mol. The lowest BCUT2D eigenvalue weighted by Gasteiger charge is -2.22. The number of aromatic nitrogens is 3. The number of nitrogens with one attached hydrogen (secondary N) is 1. The Hall–Kier alpha value is -2.20. The summed E-state index contributed by atoms with van der Waals surface area (Å²) in [5.74, 6) is 0.351. The van der Waals surface area contributed by atoms with Crippen LogP contribution in [0.5, 0.6) is 0 Å². The average Bonchev–Trinajstić information content (AvgIpc) is 3.43. The van der Waals surface area contributed by atoms with E-state index < -0.39 is 6.10 Å². The minimum atomic E-state index is -0.439. The fourth-order valence-corrected chi connectivity index (χ4v) is 6.43. The fraction of sp³-hybridized carbons (Fsp3) is 0.435. The molecule has 9 heteroatoms. The second-order valence-corrected chi connectivity index (χ2v) is 11.0. The van der Waals surface area contributed by atoms with Crippen LogP contribution in [0.15, 0.2) is 18.6 Å². The van der Waals surface area contributed by atoms with Gasteiger partial charge in [0.2, 0.25) is 5.78 Å². The smallest absolute Gasteiger partial charge is 0.208 e. The molecule has 0 unspecified atom stereocenters. The number of thiazole rings is 1. The highest BCUT2D eigenvalue weighted by Crippen LogP contribution is 2.39. The highest BCUT2D eigenvalue weighted by molar-refractivity contribution is 7.14. The lowest BCUT2D eigenvalue weighted by molar-refractivity contribution is 0.0679. The first-order valence-electron chi connectivity index (χ1n) is 10.7. The maximum absolute atomic E-state index is 13.4. The molecule has 1 aliphatic carbocycles. The van der Waals surface area contributed by atoms with Gasteiger partial charge in [0.05, 0.1) is 33.9 Å². The quantitative estimate of drug-likeness (QED) is 0.547. The number of aliphatic hydroxyl groups is 1. The largest absolute Gasteiger partial charge is 0.393 e. The maximum atomic E-state index is 13.4. The van der Waals surface area contributed by atoms with Gasteiger partial charge in [-0.3, -0.25) is 4.79 Å². The zero-order valence-electron chi connectivity index (χ0n) is 18.0. The van der Waals surface area contributed by atoms with E-state index in [-0.39, 0.29) is 23.8 Å². The normalized spacial score (nSPS) is 25.0. The van der Waals surface area contributed by atoms with Crippen molar-refractivity contribution in [3.8, 4) is 0 Å². The van der Waals surface area contributed by atoms with E-state index in [1.54, 1.807) is 17.5 Å². The van der Waals surface area contributed by atoms with E-state index in [0.717, 1.165) is 34.0 Å². The Bertz CT molecular complexity index is 1150. The Kier molecular flexibility index (Phi) is 5.83. The van der Waals surface area contributed by atoms with Gasteiger partial charge in [-0.1, -0.05) is 0 Å². The molecule has 1 radical (unpaired) electrons. The molecule has 0 bridgehead atoms. The number of hydrogen-bond donors (Lipinski definition) is 2. The zero-order chi connectivity index (χ0) is 22.4. The topological polar surface area (TPSA) is 97.2 Å². The molecule has 3 aromatic rings. The summed E-state index contributed by atoms with van der Waals surface area (Å²) in [6.45, 7) is 8.67. The summed E-state index contributed by atoms with van der Waals surface area (Å²) in [6, 6.07) is 1.95. The van der Waals surface area contributed by atoms with Crippen molar-refractivity contribution < 1.29 is 14.6 Å². The molecule has 4 heterocycles. The number of carbonyl (C=O) groups is 1. The minimum Gasteiger partial charge on any atom is -0.393 e. The van der Waals surface area contributed by atoms with Crippen LogP contribution in [0.2, 0.25) is 0 Å². The van der Waals surface area contributed by atoms with Gasteiger partial charge in [-0.05, 0) is 45.6 Å². The summed E-state index contributed by atoms with van der Waals surface area (Å²) in [5, 5.41) is 14.4. The van der Waals surface area contributed by atoms with E-state index in [4.69, 9.17) is 9.72 Å². The Morgan fingerprint density at radius 2 is 2.16 bits per heavy atom. The van der Waals surface area contributed by atoms with Gasteiger partial charge in [-0.2, -0.15) is 0 Å². The number of carbonyl (C=O) groups excluding carboxylic acids is 1. The van der Waals surface area contributed by atoms with Gasteiger partial charge < -0.3 is 15.2 Å². The number of aliphatic hydroxyl groups excluding tert-OH is 1. The summed E-state index contributed by atoms with van der Waals surface area (Å²) >= 11 is 3.18. The van der Waals surface area contributed by atoms with Crippen LogP contribution < -0.4 is 5.32 Å². The third-order valence-electron chi connectivity index (χ3n) is 6.11. The van der Waals surface area contributed by atoms with Crippen LogP contribution in [0.4, 0.5) is 5.82 Å². The molecular formula is C23H25N4O3S2. The summed E-state index contributed by atoms with van der Waals surface area (Å²) in [7, 11) is 0. The third-order valence-corrected chi connectivity index (χ3v) is 8.23. The lowest BCUT2D eigenvalue weighted by atomic mass is 10.0. The first-order valence-corrected chi connectivity index (χ1v) is 12.3. The number of anilines is 1. The molecule has 7 nitrogen and oxygen atoms in total. The zero-order valence-corrected chi connectivity index (χ0v) is 19.6. The fourth-order valence-electron chi connectivity index (χ4n) is 4.48. The molecule has 2 N–H and O–H groups in total. The molecule has 0 amide bonds. The molecule has 0 spiro atoms. The summed E-state index contributed by atoms with van der Waals surface area (Å²) in [6.07, 6.45) is 4.51. The Morgan fingerprint density at radius 1 is 1.31 bits per heavy atom. The highest BCUT2D eigenvalue weighted by atomic mass is 32.1. The van der Waals surface area contributed by atoms with Gasteiger partial charge in [-0.25, -0.2) is 15.0 Å². The molecular weight excluding hydrogens is 444 g/mol. The van der Waals surface area contributed by atoms with E-state index in [1.165, 1.54) is 22.5 Å². The van der Waals surface area contributed by atoms with Crippen LogP contribution in [-0.2, 0) is 11.2 Å². The predicted molar refractivity (Wildman–Crippen MR) is 124 cm³/mol. The van der Waals surface area contributed by atoms with Crippen LogP contribution in [0.25, 0.3) is 0 Å². The minimum absolute atomic E-state index is 0.0225. The van der Waals surface area contributed by atoms with Crippen molar-refractivity contribution in [2.24, 2.45) is 5.92 Å². The molecule has 5 rings (SSSR count). The summed E-state index contributed by atoms with van der Waals surface area (Å²) in [5.41, 5.74) is 2.40. The van der Waals surface area contributed by atoms with Crippen molar-refractivity contribution in [2.75, 3.05) is 11.9 Å². The number of thiophene rings is 1. The first-order chi connectivity index (χ1) is 15.4. The average molecular weight is 470 g/mol. The van der Waals surface area contributed by atoms with Gasteiger partial charge in [0, 0.05) is 34.0 Å². The van der Waals surface area contributed by atoms with Crippen molar-refractivity contribution >= 4 is 34.3 Å². The Labute approximate surface area is 194 Å². The highest BCUT2D eigenvalue weighted by Gasteiger charge is 2.32. The Morgan fingerprint density at radius 3 is 2.94 bits per heavy atom. The van der Waals surface area contributed by atoms with Crippen molar-refractivity contribution in [3.63, 3.8) is 0 Å². The SMILES string of the molecule is [CH2][C@@H]1C[C@@H](Nc2ncncc2C(=O)c2cc([C@H]3OCCc4sc(C)nc43)c(C)s2)C[C@@H]1O. The van der Waals surface area contributed by atoms with E-state index in [1.807, 2.05) is 19.9 Å². The molecule has 3 aromatic heterocycles. The van der Waals surface area contributed by atoms with Crippen molar-refractivity contribution in [3.05, 3.63) is 62.0 Å². The molecule has 4 atom stereocenters. The summed E-state index contributed by atoms with van der Waals surface area (Å²) < 4.78 is 6.09. The molecule has 2 aliphatic rings. The van der Waals surface area contributed by atoms with Gasteiger partial charge in [0.15, 0.2) is 0 Å². The molecule has 0 saturated heterocycles. The van der Waals surface area contributed by atoms with E-state index in [2.05, 4.69) is 22.2 Å². The van der Waals surface area contributed by atoms with E-state index >= 15 is 0 Å². The number of aryl methyl sites for hydroxylation is 2. The predicted octanol–water partition coefficient (Wildman–Crippen LogP) is 3.89. The van der Waals surface area contributed by atoms with Crippen LogP contribution >= 0.6 is 22.7 Å². The molecule has 32 heavy (non-hydrogen) atoms. The van der Waals surface area contributed by atoms with Crippen molar-refractivity contribution in [2.45, 2.75) is 51.4 Å². The van der Waals surface area contributed by atoms with Gasteiger partial charge in [0.1, 0.15) is 18.2 Å². The second kappa shape index (κ2) is 8.62.